The molecule has 1 aromatic rings. The van der Waals surface area contributed by atoms with E-state index < -0.39 is 0 Å². The van der Waals surface area contributed by atoms with Gasteiger partial charge in [0.05, 0.1) is 42.2 Å². The number of hydrogen-bond donors (Lipinski definition) is 1. The molecule has 1 aliphatic rings. The van der Waals surface area contributed by atoms with Crippen molar-refractivity contribution in [1.82, 2.24) is 14.7 Å². The molecule has 0 atom stereocenters. The topological polar surface area (TPSA) is 50.5 Å². The van der Waals surface area contributed by atoms with Crippen molar-refractivity contribution in [2.24, 2.45) is 0 Å². The summed E-state index contributed by atoms with van der Waals surface area (Å²) in [6.45, 7) is 7.31. The van der Waals surface area contributed by atoms with Gasteiger partial charge in [-0.15, -0.1) is 0 Å². The van der Waals surface area contributed by atoms with Crippen LogP contribution in [0.3, 0.4) is 0 Å². The minimum Gasteiger partial charge on any atom is -0.390 e. The Morgan fingerprint density at radius 1 is 1.35 bits per heavy atom. The average Bonchev–Trinajstić information content (AvgIpc) is 2.63. The van der Waals surface area contributed by atoms with E-state index in [4.69, 9.17) is 4.74 Å². The average molecular weight is 304 g/mol. The number of aliphatic hydroxyl groups excluding tert-OH is 1. The fraction of sp³-hybridized carbons (Fsp3) is 0.727. The van der Waals surface area contributed by atoms with Crippen molar-refractivity contribution in [3.63, 3.8) is 0 Å². The standard InChI is InChI=1S/C11H18BrN3O2/c1-9-11(12)10(8-16)15(13-9)3-2-14-4-6-17-7-5-14/h16H,2-8H2,1H3. The summed E-state index contributed by atoms with van der Waals surface area (Å²) in [4.78, 5) is 2.36. The van der Waals surface area contributed by atoms with Crippen molar-refractivity contribution < 1.29 is 9.84 Å². The van der Waals surface area contributed by atoms with Gasteiger partial charge in [-0.05, 0) is 22.9 Å². The first-order valence-electron chi connectivity index (χ1n) is 5.85. The number of morpholine rings is 1. The summed E-state index contributed by atoms with van der Waals surface area (Å²) in [6.07, 6.45) is 0. The van der Waals surface area contributed by atoms with Gasteiger partial charge < -0.3 is 9.84 Å². The summed E-state index contributed by atoms with van der Waals surface area (Å²) in [7, 11) is 0. The van der Waals surface area contributed by atoms with Crippen LogP contribution >= 0.6 is 15.9 Å². The van der Waals surface area contributed by atoms with Crippen LogP contribution in [0, 0.1) is 6.92 Å². The highest BCUT2D eigenvalue weighted by atomic mass is 79.9. The second kappa shape index (κ2) is 5.95. The number of aromatic nitrogens is 2. The highest BCUT2D eigenvalue weighted by Gasteiger charge is 2.14. The van der Waals surface area contributed by atoms with Crippen molar-refractivity contribution in [3.05, 3.63) is 15.9 Å². The maximum Gasteiger partial charge on any atom is 0.0861 e. The molecular formula is C11H18BrN3O2. The molecule has 1 N–H and O–H groups in total. The summed E-state index contributed by atoms with van der Waals surface area (Å²) >= 11 is 3.45. The number of aliphatic hydroxyl groups is 1. The van der Waals surface area contributed by atoms with E-state index in [1.165, 1.54) is 0 Å². The van der Waals surface area contributed by atoms with E-state index >= 15 is 0 Å². The number of nitrogens with zero attached hydrogens (tertiary/aromatic N) is 3. The molecule has 1 aromatic heterocycles. The summed E-state index contributed by atoms with van der Waals surface area (Å²) in [6, 6.07) is 0. The van der Waals surface area contributed by atoms with Crippen LogP contribution in [-0.4, -0.2) is 52.6 Å². The molecule has 0 bridgehead atoms. The van der Waals surface area contributed by atoms with E-state index in [9.17, 15) is 5.11 Å². The minimum atomic E-state index is 0.0184. The van der Waals surface area contributed by atoms with Crippen molar-refractivity contribution >= 4 is 15.9 Å². The summed E-state index contributed by atoms with van der Waals surface area (Å²) < 4.78 is 8.11. The predicted octanol–water partition coefficient (Wildman–Crippen LogP) is 0.779. The van der Waals surface area contributed by atoms with Gasteiger partial charge in [-0.25, -0.2) is 0 Å². The van der Waals surface area contributed by atoms with E-state index in [1.54, 1.807) is 0 Å². The molecule has 0 amide bonds. The number of rotatable bonds is 4. The normalized spacial score (nSPS) is 17.6. The molecule has 0 radical (unpaired) electrons. The number of hydrogen-bond acceptors (Lipinski definition) is 4. The van der Waals surface area contributed by atoms with Crippen LogP contribution in [-0.2, 0) is 17.9 Å². The Morgan fingerprint density at radius 2 is 2.06 bits per heavy atom. The van der Waals surface area contributed by atoms with E-state index in [-0.39, 0.29) is 6.61 Å². The SMILES string of the molecule is Cc1nn(CCN2CCOCC2)c(CO)c1Br. The van der Waals surface area contributed by atoms with Crippen molar-refractivity contribution in [2.75, 3.05) is 32.8 Å². The molecule has 0 spiro atoms. The largest absolute Gasteiger partial charge is 0.390 e. The second-order valence-corrected chi connectivity index (χ2v) is 4.97. The van der Waals surface area contributed by atoms with Crippen LogP contribution in [0.1, 0.15) is 11.4 Å². The Hall–Kier alpha value is -0.430. The Bertz CT molecular complexity index is 375. The van der Waals surface area contributed by atoms with Crippen LogP contribution in [0.4, 0.5) is 0 Å². The van der Waals surface area contributed by atoms with Gasteiger partial charge in [0.15, 0.2) is 0 Å². The molecule has 96 valence electrons. The summed E-state index contributed by atoms with van der Waals surface area (Å²) in [5.74, 6) is 0. The molecule has 2 heterocycles. The molecule has 1 aliphatic heterocycles. The van der Waals surface area contributed by atoms with Gasteiger partial charge in [0.1, 0.15) is 0 Å². The van der Waals surface area contributed by atoms with Crippen LogP contribution in [0.25, 0.3) is 0 Å². The summed E-state index contributed by atoms with van der Waals surface area (Å²) in [5.41, 5.74) is 1.78. The monoisotopic (exact) mass is 303 g/mol. The first-order valence-corrected chi connectivity index (χ1v) is 6.64. The molecule has 17 heavy (non-hydrogen) atoms. The fourth-order valence-electron chi connectivity index (χ4n) is 2.00. The highest BCUT2D eigenvalue weighted by Crippen LogP contribution is 2.20. The Morgan fingerprint density at radius 3 is 2.71 bits per heavy atom. The van der Waals surface area contributed by atoms with Crippen molar-refractivity contribution in [2.45, 2.75) is 20.1 Å². The van der Waals surface area contributed by atoms with Gasteiger partial charge in [-0.1, -0.05) is 0 Å². The molecule has 0 aromatic carbocycles. The summed E-state index contributed by atoms with van der Waals surface area (Å²) in [5, 5.41) is 13.7. The van der Waals surface area contributed by atoms with Crippen LogP contribution in [0.15, 0.2) is 4.47 Å². The Kier molecular flexibility index (Phi) is 4.55. The van der Waals surface area contributed by atoms with E-state index in [0.29, 0.717) is 0 Å². The quantitative estimate of drug-likeness (QED) is 0.893. The van der Waals surface area contributed by atoms with Gasteiger partial charge in [0.25, 0.3) is 0 Å². The maximum atomic E-state index is 9.33. The minimum absolute atomic E-state index is 0.0184. The Balaban J connectivity index is 1.96. The first kappa shape index (κ1) is 13.0. The van der Waals surface area contributed by atoms with Crippen LogP contribution in [0.5, 0.6) is 0 Å². The molecule has 0 unspecified atom stereocenters. The van der Waals surface area contributed by atoms with Gasteiger partial charge in [-0.2, -0.15) is 5.10 Å². The molecule has 0 saturated carbocycles. The smallest absolute Gasteiger partial charge is 0.0861 e. The maximum absolute atomic E-state index is 9.33. The highest BCUT2D eigenvalue weighted by molar-refractivity contribution is 9.10. The molecular weight excluding hydrogens is 286 g/mol. The third kappa shape index (κ3) is 3.07. The van der Waals surface area contributed by atoms with Crippen LogP contribution in [0.2, 0.25) is 0 Å². The zero-order chi connectivity index (χ0) is 12.3. The molecule has 1 fully saturated rings. The molecule has 0 aliphatic carbocycles. The first-order chi connectivity index (χ1) is 8.22. The molecule has 2 rings (SSSR count). The third-order valence-corrected chi connectivity index (χ3v) is 4.07. The molecule has 6 heteroatoms. The third-order valence-electron chi connectivity index (χ3n) is 3.03. The Labute approximate surface area is 109 Å². The number of halogens is 1. The lowest BCUT2D eigenvalue weighted by atomic mass is 10.3. The molecule has 5 nitrogen and oxygen atoms in total. The number of aryl methyl sites for hydroxylation is 1. The lowest BCUT2D eigenvalue weighted by molar-refractivity contribution is 0.0357. The lowest BCUT2D eigenvalue weighted by Gasteiger charge is -2.26. The van der Waals surface area contributed by atoms with E-state index in [2.05, 4.69) is 25.9 Å². The van der Waals surface area contributed by atoms with Crippen molar-refractivity contribution in [1.29, 1.82) is 0 Å². The lowest BCUT2D eigenvalue weighted by Crippen LogP contribution is -2.38. The number of ether oxygens (including phenoxy) is 1. The zero-order valence-electron chi connectivity index (χ0n) is 10.0. The molecule has 1 saturated heterocycles. The zero-order valence-corrected chi connectivity index (χ0v) is 11.6. The second-order valence-electron chi connectivity index (χ2n) is 4.18. The van der Waals surface area contributed by atoms with Gasteiger partial charge in [0.2, 0.25) is 0 Å². The van der Waals surface area contributed by atoms with Gasteiger partial charge in [-0.3, -0.25) is 9.58 Å². The van der Waals surface area contributed by atoms with Crippen LogP contribution < -0.4 is 0 Å². The fourth-order valence-corrected chi connectivity index (χ4v) is 2.41. The van der Waals surface area contributed by atoms with Crippen molar-refractivity contribution in [3.8, 4) is 0 Å². The van der Waals surface area contributed by atoms with E-state index in [1.807, 2.05) is 11.6 Å². The van der Waals surface area contributed by atoms with Gasteiger partial charge in [0, 0.05) is 19.6 Å². The van der Waals surface area contributed by atoms with Gasteiger partial charge >= 0.3 is 0 Å². The predicted molar refractivity (Wildman–Crippen MR) is 67.8 cm³/mol. The van der Waals surface area contributed by atoms with E-state index in [0.717, 1.165) is 55.3 Å².